The number of benzene rings is 2. The van der Waals surface area contributed by atoms with Gasteiger partial charge in [0.25, 0.3) is 5.91 Å². The average Bonchev–Trinajstić information content (AvgIpc) is 2.63. The average molecular weight is 345 g/mol. The third-order valence-electron chi connectivity index (χ3n) is 4.24. The minimum Gasteiger partial charge on any atom is -0.354 e. The third-order valence-corrected chi connectivity index (χ3v) is 4.24. The fourth-order valence-corrected chi connectivity index (χ4v) is 2.73. The van der Waals surface area contributed by atoms with E-state index in [0.29, 0.717) is 12.1 Å². The molecule has 2 aromatic carbocycles. The fourth-order valence-electron chi connectivity index (χ4n) is 2.73. The molecule has 0 aliphatic heterocycles. The van der Waals surface area contributed by atoms with Gasteiger partial charge in [0.2, 0.25) is 0 Å². The Balaban J connectivity index is 1.68. The number of aromatic nitrogens is 1. The van der Waals surface area contributed by atoms with E-state index in [1.165, 1.54) is 11.1 Å². The highest BCUT2D eigenvalue weighted by Gasteiger charge is 2.08. The normalized spacial score (nSPS) is 10.4. The zero-order valence-corrected chi connectivity index (χ0v) is 15.3. The van der Waals surface area contributed by atoms with Crippen LogP contribution in [0.2, 0.25) is 0 Å². The third kappa shape index (κ3) is 4.48. The molecule has 2 N–H and O–H groups in total. The SMILES string of the molecule is Cc1ccc(CNC(=O)c2cncc(Nc3ccc(C)cc3C)c2)cc1. The highest BCUT2D eigenvalue weighted by Crippen LogP contribution is 2.21. The predicted octanol–water partition coefficient (Wildman–Crippen LogP) is 4.68. The van der Waals surface area contributed by atoms with Crippen LogP contribution < -0.4 is 10.6 Å². The van der Waals surface area contributed by atoms with E-state index in [1.807, 2.05) is 43.3 Å². The Morgan fingerprint density at radius 2 is 1.65 bits per heavy atom. The molecule has 0 aliphatic rings. The van der Waals surface area contributed by atoms with Crippen molar-refractivity contribution in [3.05, 3.63) is 88.7 Å². The summed E-state index contributed by atoms with van der Waals surface area (Å²) in [4.78, 5) is 16.6. The molecule has 4 heteroatoms. The lowest BCUT2D eigenvalue weighted by Crippen LogP contribution is -2.23. The van der Waals surface area contributed by atoms with Crippen molar-refractivity contribution in [3.63, 3.8) is 0 Å². The van der Waals surface area contributed by atoms with Crippen LogP contribution in [-0.2, 0) is 6.54 Å². The zero-order valence-electron chi connectivity index (χ0n) is 15.3. The molecule has 0 radical (unpaired) electrons. The Labute approximate surface area is 154 Å². The largest absolute Gasteiger partial charge is 0.354 e. The number of pyridine rings is 1. The second-order valence-electron chi connectivity index (χ2n) is 6.57. The maximum absolute atomic E-state index is 12.4. The van der Waals surface area contributed by atoms with Crippen LogP contribution in [0.3, 0.4) is 0 Å². The molecule has 0 fully saturated rings. The molecule has 1 heterocycles. The molecule has 132 valence electrons. The van der Waals surface area contributed by atoms with Crippen LogP contribution in [0.15, 0.2) is 60.9 Å². The summed E-state index contributed by atoms with van der Waals surface area (Å²) in [5.74, 6) is -0.137. The molecule has 0 atom stereocenters. The van der Waals surface area contributed by atoms with E-state index < -0.39 is 0 Å². The molecule has 0 saturated heterocycles. The van der Waals surface area contributed by atoms with Crippen molar-refractivity contribution in [2.75, 3.05) is 5.32 Å². The lowest BCUT2D eigenvalue weighted by atomic mass is 10.1. The van der Waals surface area contributed by atoms with Gasteiger partial charge in [0.15, 0.2) is 0 Å². The number of aryl methyl sites for hydroxylation is 3. The molecule has 0 spiro atoms. The van der Waals surface area contributed by atoms with Crippen LogP contribution in [0, 0.1) is 20.8 Å². The topological polar surface area (TPSA) is 54.0 Å². The number of carbonyl (C=O) groups excluding carboxylic acids is 1. The van der Waals surface area contributed by atoms with Crippen LogP contribution >= 0.6 is 0 Å². The van der Waals surface area contributed by atoms with Gasteiger partial charge in [-0.05, 0) is 44.0 Å². The quantitative estimate of drug-likeness (QED) is 0.706. The van der Waals surface area contributed by atoms with E-state index in [4.69, 9.17) is 0 Å². The van der Waals surface area contributed by atoms with Crippen molar-refractivity contribution in [1.82, 2.24) is 10.3 Å². The molecular formula is C22H23N3O. The molecule has 4 nitrogen and oxygen atoms in total. The molecule has 0 bridgehead atoms. The van der Waals surface area contributed by atoms with Crippen molar-refractivity contribution in [2.24, 2.45) is 0 Å². The molecule has 3 aromatic rings. The van der Waals surface area contributed by atoms with Gasteiger partial charge in [-0.1, -0.05) is 47.5 Å². The maximum Gasteiger partial charge on any atom is 0.253 e. The standard InChI is InChI=1S/C22H23N3O/c1-15-4-7-18(8-5-15)12-24-22(26)19-11-20(14-23-13-19)25-21-9-6-16(2)10-17(21)3/h4-11,13-14,25H,12H2,1-3H3,(H,24,26). The first-order valence-electron chi connectivity index (χ1n) is 8.64. The Kier molecular flexibility index (Phi) is 5.32. The van der Waals surface area contributed by atoms with Crippen LogP contribution in [0.1, 0.15) is 32.6 Å². The first kappa shape index (κ1) is 17.7. The molecule has 1 amide bonds. The van der Waals surface area contributed by atoms with Crippen LogP contribution in [0.25, 0.3) is 0 Å². The summed E-state index contributed by atoms with van der Waals surface area (Å²) in [5.41, 5.74) is 6.98. The molecular weight excluding hydrogens is 322 g/mol. The summed E-state index contributed by atoms with van der Waals surface area (Å²) in [5, 5.41) is 6.27. The van der Waals surface area contributed by atoms with Gasteiger partial charge in [0.1, 0.15) is 0 Å². The summed E-state index contributed by atoms with van der Waals surface area (Å²) in [7, 11) is 0. The van der Waals surface area contributed by atoms with Gasteiger partial charge >= 0.3 is 0 Å². The number of hydrogen-bond donors (Lipinski definition) is 2. The molecule has 0 saturated carbocycles. The fraction of sp³-hybridized carbons (Fsp3) is 0.182. The van der Waals surface area contributed by atoms with Gasteiger partial charge in [-0.15, -0.1) is 0 Å². The summed E-state index contributed by atoms with van der Waals surface area (Å²) in [6, 6.07) is 16.1. The van der Waals surface area contributed by atoms with Crippen LogP contribution in [0.5, 0.6) is 0 Å². The van der Waals surface area contributed by atoms with Crippen molar-refractivity contribution in [3.8, 4) is 0 Å². The van der Waals surface area contributed by atoms with E-state index in [9.17, 15) is 4.79 Å². The summed E-state index contributed by atoms with van der Waals surface area (Å²) >= 11 is 0. The number of rotatable bonds is 5. The lowest BCUT2D eigenvalue weighted by molar-refractivity contribution is 0.0950. The van der Waals surface area contributed by atoms with E-state index in [1.54, 1.807) is 12.4 Å². The Hall–Kier alpha value is -3.14. The Bertz CT molecular complexity index is 917. The number of carbonyl (C=O) groups is 1. The first-order valence-corrected chi connectivity index (χ1v) is 8.64. The Morgan fingerprint density at radius 3 is 2.38 bits per heavy atom. The summed E-state index contributed by atoms with van der Waals surface area (Å²) in [6.45, 7) is 6.66. The van der Waals surface area contributed by atoms with Gasteiger partial charge in [-0.3, -0.25) is 9.78 Å². The minimum absolute atomic E-state index is 0.137. The summed E-state index contributed by atoms with van der Waals surface area (Å²) < 4.78 is 0. The maximum atomic E-state index is 12.4. The molecule has 3 rings (SSSR count). The highest BCUT2D eigenvalue weighted by molar-refractivity contribution is 5.94. The van der Waals surface area contributed by atoms with Crippen molar-refractivity contribution >= 4 is 17.3 Å². The second-order valence-corrected chi connectivity index (χ2v) is 6.57. The lowest BCUT2D eigenvalue weighted by Gasteiger charge is -2.11. The zero-order chi connectivity index (χ0) is 18.5. The number of nitrogens with one attached hydrogen (secondary N) is 2. The van der Waals surface area contributed by atoms with Gasteiger partial charge < -0.3 is 10.6 Å². The number of hydrogen-bond acceptors (Lipinski definition) is 3. The van der Waals surface area contributed by atoms with Crippen molar-refractivity contribution in [1.29, 1.82) is 0 Å². The van der Waals surface area contributed by atoms with E-state index >= 15 is 0 Å². The van der Waals surface area contributed by atoms with Crippen LogP contribution in [0.4, 0.5) is 11.4 Å². The van der Waals surface area contributed by atoms with Crippen LogP contribution in [-0.4, -0.2) is 10.9 Å². The van der Waals surface area contributed by atoms with Crippen molar-refractivity contribution < 1.29 is 4.79 Å². The van der Waals surface area contributed by atoms with Gasteiger partial charge in [0, 0.05) is 18.4 Å². The predicted molar refractivity (Wildman–Crippen MR) is 106 cm³/mol. The molecule has 1 aromatic heterocycles. The highest BCUT2D eigenvalue weighted by atomic mass is 16.1. The smallest absolute Gasteiger partial charge is 0.253 e. The van der Waals surface area contributed by atoms with E-state index in [2.05, 4.69) is 41.6 Å². The summed E-state index contributed by atoms with van der Waals surface area (Å²) in [6.07, 6.45) is 3.30. The number of amides is 1. The molecule has 26 heavy (non-hydrogen) atoms. The number of anilines is 2. The van der Waals surface area contributed by atoms with Crippen molar-refractivity contribution in [2.45, 2.75) is 27.3 Å². The van der Waals surface area contributed by atoms with E-state index in [-0.39, 0.29) is 5.91 Å². The molecule has 0 aliphatic carbocycles. The van der Waals surface area contributed by atoms with Gasteiger partial charge in [0.05, 0.1) is 17.4 Å². The monoisotopic (exact) mass is 345 g/mol. The Morgan fingerprint density at radius 1 is 0.923 bits per heavy atom. The van der Waals surface area contributed by atoms with Gasteiger partial charge in [-0.2, -0.15) is 0 Å². The number of nitrogens with zero attached hydrogens (tertiary/aromatic N) is 1. The minimum atomic E-state index is -0.137. The molecule has 0 unspecified atom stereocenters. The van der Waals surface area contributed by atoms with E-state index in [0.717, 1.165) is 22.5 Å². The second kappa shape index (κ2) is 7.83. The first-order chi connectivity index (χ1) is 12.5. The van der Waals surface area contributed by atoms with Gasteiger partial charge in [-0.25, -0.2) is 0 Å².